The van der Waals surface area contributed by atoms with E-state index in [9.17, 15) is 4.79 Å². The molecule has 5 heteroatoms. The molecule has 0 bridgehead atoms. The second-order valence-electron chi connectivity index (χ2n) is 6.63. The van der Waals surface area contributed by atoms with Crippen LogP contribution in [-0.2, 0) is 0 Å². The molecule has 0 saturated carbocycles. The van der Waals surface area contributed by atoms with E-state index in [4.69, 9.17) is 16.3 Å². The normalized spacial score (nSPS) is 14.8. The predicted octanol–water partition coefficient (Wildman–Crippen LogP) is 4.32. The van der Waals surface area contributed by atoms with Gasteiger partial charge in [-0.05, 0) is 74.0 Å². The van der Waals surface area contributed by atoms with Gasteiger partial charge in [0.1, 0.15) is 12.4 Å². The predicted molar refractivity (Wildman–Crippen MR) is 106 cm³/mol. The quantitative estimate of drug-likeness (QED) is 0.729. The number of likely N-dealkylation sites (tertiary alicyclic amines) is 1. The Hall–Kier alpha value is -2.30. The standard InChI is InChI=1S/C21H21ClN2O2/c22-19-5-3-4-17-18(19)14-20(23-21(17)25)15-6-8-16(9-7-15)26-13-12-24-10-1-2-11-24/h3-9,14H,1-2,10-13H2,(H,23,25). The minimum absolute atomic E-state index is 0.133. The highest BCUT2D eigenvalue weighted by atomic mass is 35.5. The molecule has 2 aromatic carbocycles. The topological polar surface area (TPSA) is 45.3 Å². The summed E-state index contributed by atoms with van der Waals surface area (Å²) in [5, 5.41) is 1.94. The number of aromatic amines is 1. The molecule has 0 aliphatic carbocycles. The number of benzene rings is 2. The van der Waals surface area contributed by atoms with Crippen LogP contribution in [0.3, 0.4) is 0 Å². The summed E-state index contributed by atoms with van der Waals surface area (Å²) in [6.07, 6.45) is 2.59. The maximum atomic E-state index is 12.3. The average Bonchev–Trinajstić information content (AvgIpc) is 3.17. The zero-order chi connectivity index (χ0) is 17.9. The molecule has 0 spiro atoms. The summed E-state index contributed by atoms with van der Waals surface area (Å²) in [6.45, 7) is 4.03. The maximum Gasteiger partial charge on any atom is 0.256 e. The highest BCUT2D eigenvalue weighted by Crippen LogP contribution is 2.26. The summed E-state index contributed by atoms with van der Waals surface area (Å²) in [5.41, 5.74) is 1.54. The van der Waals surface area contributed by atoms with E-state index in [-0.39, 0.29) is 5.56 Å². The van der Waals surface area contributed by atoms with Crippen molar-refractivity contribution >= 4 is 22.4 Å². The summed E-state index contributed by atoms with van der Waals surface area (Å²) < 4.78 is 5.84. The Morgan fingerprint density at radius 1 is 1.04 bits per heavy atom. The monoisotopic (exact) mass is 368 g/mol. The van der Waals surface area contributed by atoms with Gasteiger partial charge in [0.2, 0.25) is 0 Å². The molecule has 0 unspecified atom stereocenters. The summed E-state index contributed by atoms with van der Waals surface area (Å²) in [7, 11) is 0. The Bertz CT molecular complexity index is 960. The molecule has 0 amide bonds. The Balaban J connectivity index is 1.50. The Morgan fingerprint density at radius 2 is 1.81 bits per heavy atom. The third-order valence-corrected chi connectivity index (χ3v) is 5.20. The van der Waals surface area contributed by atoms with Crippen LogP contribution < -0.4 is 10.3 Å². The van der Waals surface area contributed by atoms with Crippen LogP contribution >= 0.6 is 11.6 Å². The number of H-pyrrole nitrogens is 1. The lowest BCUT2D eigenvalue weighted by atomic mass is 10.1. The van der Waals surface area contributed by atoms with Crippen molar-refractivity contribution in [3.63, 3.8) is 0 Å². The van der Waals surface area contributed by atoms with Gasteiger partial charge in [-0.2, -0.15) is 0 Å². The van der Waals surface area contributed by atoms with Crippen LogP contribution in [0.2, 0.25) is 5.02 Å². The van der Waals surface area contributed by atoms with Crippen molar-refractivity contribution in [1.82, 2.24) is 9.88 Å². The lowest BCUT2D eigenvalue weighted by Crippen LogP contribution is -2.25. The van der Waals surface area contributed by atoms with Gasteiger partial charge in [0.25, 0.3) is 5.56 Å². The van der Waals surface area contributed by atoms with Crippen LogP contribution in [0.15, 0.2) is 53.3 Å². The van der Waals surface area contributed by atoms with Gasteiger partial charge in [-0.1, -0.05) is 17.7 Å². The zero-order valence-electron chi connectivity index (χ0n) is 14.5. The zero-order valence-corrected chi connectivity index (χ0v) is 15.3. The van der Waals surface area contributed by atoms with Crippen molar-refractivity contribution in [3.05, 3.63) is 63.9 Å². The van der Waals surface area contributed by atoms with Crippen molar-refractivity contribution in [2.24, 2.45) is 0 Å². The molecule has 1 aliphatic heterocycles. The van der Waals surface area contributed by atoms with E-state index in [0.717, 1.165) is 28.9 Å². The van der Waals surface area contributed by atoms with Gasteiger partial charge in [0, 0.05) is 28.0 Å². The van der Waals surface area contributed by atoms with E-state index in [2.05, 4.69) is 9.88 Å². The van der Waals surface area contributed by atoms with Gasteiger partial charge in [0.15, 0.2) is 0 Å². The van der Waals surface area contributed by atoms with Crippen molar-refractivity contribution in [2.75, 3.05) is 26.2 Å². The first-order chi connectivity index (χ1) is 12.7. The smallest absolute Gasteiger partial charge is 0.256 e. The van der Waals surface area contributed by atoms with Gasteiger partial charge in [-0.25, -0.2) is 0 Å². The highest BCUT2D eigenvalue weighted by molar-refractivity contribution is 6.35. The third kappa shape index (κ3) is 3.62. The van der Waals surface area contributed by atoms with Crippen molar-refractivity contribution in [3.8, 4) is 17.0 Å². The molecule has 0 radical (unpaired) electrons. The summed E-state index contributed by atoms with van der Waals surface area (Å²) >= 11 is 6.25. The molecule has 0 atom stereocenters. The molecule has 1 fully saturated rings. The van der Waals surface area contributed by atoms with Crippen LogP contribution in [0.25, 0.3) is 22.0 Å². The number of halogens is 1. The lowest BCUT2D eigenvalue weighted by molar-refractivity contribution is 0.238. The van der Waals surface area contributed by atoms with Crippen molar-refractivity contribution in [1.29, 1.82) is 0 Å². The average molecular weight is 369 g/mol. The number of rotatable bonds is 5. The number of pyridine rings is 1. The Morgan fingerprint density at radius 3 is 2.58 bits per heavy atom. The van der Waals surface area contributed by atoms with Gasteiger partial charge in [-0.15, -0.1) is 0 Å². The van der Waals surface area contributed by atoms with Crippen LogP contribution in [0.1, 0.15) is 12.8 Å². The third-order valence-electron chi connectivity index (χ3n) is 4.87. The first kappa shape index (κ1) is 17.1. The fourth-order valence-electron chi connectivity index (χ4n) is 3.44. The molecule has 1 aromatic heterocycles. The first-order valence-electron chi connectivity index (χ1n) is 8.98. The van der Waals surface area contributed by atoms with Gasteiger partial charge in [-0.3, -0.25) is 9.69 Å². The lowest BCUT2D eigenvalue weighted by Gasteiger charge is -2.15. The molecule has 1 N–H and O–H groups in total. The maximum absolute atomic E-state index is 12.3. The molecular formula is C21H21ClN2O2. The fourth-order valence-corrected chi connectivity index (χ4v) is 3.67. The molecule has 4 nitrogen and oxygen atoms in total. The van der Waals surface area contributed by atoms with Crippen LogP contribution in [0, 0.1) is 0 Å². The Labute approximate surface area is 157 Å². The van der Waals surface area contributed by atoms with Crippen LogP contribution in [-0.4, -0.2) is 36.1 Å². The van der Waals surface area contributed by atoms with E-state index in [0.29, 0.717) is 17.0 Å². The van der Waals surface area contributed by atoms with E-state index in [1.807, 2.05) is 30.3 Å². The number of hydrogen-bond acceptors (Lipinski definition) is 3. The summed E-state index contributed by atoms with van der Waals surface area (Å²) in [6, 6.07) is 15.1. The highest BCUT2D eigenvalue weighted by Gasteiger charge is 2.11. The van der Waals surface area contributed by atoms with E-state index in [1.165, 1.54) is 25.9 Å². The number of hydrogen-bond donors (Lipinski definition) is 1. The summed E-state index contributed by atoms with van der Waals surface area (Å²) in [4.78, 5) is 17.7. The molecule has 26 heavy (non-hydrogen) atoms. The van der Waals surface area contributed by atoms with Crippen molar-refractivity contribution in [2.45, 2.75) is 12.8 Å². The van der Waals surface area contributed by atoms with Crippen LogP contribution in [0.5, 0.6) is 5.75 Å². The van der Waals surface area contributed by atoms with Crippen molar-refractivity contribution < 1.29 is 4.74 Å². The molecule has 3 aromatic rings. The minimum atomic E-state index is -0.133. The number of ether oxygens (including phenoxy) is 1. The first-order valence-corrected chi connectivity index (χ1v) is 9.36. The number of fused-ring (bicyclic) bond motifs is 1. The van der Waals surface area contributed by atoms with Crippen LogP contribution in [0.4, 0.5) is 0 Å². The number of nitrogens with one attached hydrogen (secondary N) is 1. The molecule has 4 rings (SSSR count). The SMILES string of the molecule is O=c1[nH]c(-c2ccc(OCCN3CCCC3)cc2)cc2c(Cl)cccc12. The minimum Gasteiger partial charge on any atom is -0.492 e. The Kier molecular flexibility index (Phi) is 4.96. The largest absolute Gasteiger partial charge is 0.492 e. The number of nitrogens with zero attached hydrogens (tertiary/aromatic N) is 1. The molecule has 1 saturated heterocycles. The summed E-state index contributed by atoms with van der Waals surface area (Å²) in [5.74, 6) is 0.842. The van der Waals surface area contributed by atoms with Gasteiger partial charge < -0.3 is 9.72 Å². The molecule has 1 aliphatic rings. The van der Waals surface area contributed by atoms with E-state index in [1.54, 1.807) is 18.2 Å². The second-order valence-corrected chi connectivity index (χ2v) is 7.04. The molecule has 2 heterocycles. The molecule has 134 valence electrons. The van der Waals surface area contributed by atoms with E-state index >= 15 is 0 Å². The second kappa shape index (κ2) is 7.52. The van der Waals surface area contributed by atoms with Gasteiger partial charge >= 0.3 is 0 Å². The number of aromatic nitrogens is 1. The van der Waals surface area contributed by atoms with E-state index < -0.39 is 0 Å². The van der Waals surface area contributed by atoms with Gasteiger partial charge in [0.05, 0.1) is 0 Å². The fraction of sp³-hybridized carbons (Fsp3) is 0.286. The molecular weight excluding hydrogens is 348 g/mol.